The van der Waals surface area contributed by atoms with Crippen LogP contribution >= 0.6 is 0 Å². The minimum Gasteiger partial charge on any atom is -0.396 e. The van der Waals surface area contributed by atoms with Gasteiger partial charge in [0.25, 0.3) is 0 Å². The fourth-order valence-electron chi connectivity index (χ4n) is 2.42. The highest BCUT2D eigenvalue weighted by atomic mass is 16.3. The minimum absolute atomic E-state index is 0.141. The lowest BCUT2D eigenvalue weighted by molar-refractivity contribution is 0.238. The highest BCUT2D eigenvalue weighted by Crippen LogP contribution is 2.18. The second kappa shape index (κ2) is 8.33. The predicted molar refractivity (Wildman–Crippen MR) is 90.8 cm³/mol. The van der Waals surface area contributed by atoms with Crippen LogP contribution in [0.25, 0.3) is 5.69 Å². The van der Waals surface area contributed by atoms with Crippen molar-refractivity contribution in [3.8, 4) is 5.69 Å². The first-order valence-electron chi connectivity index (χ1n) is 7.91. The first kappa shape index (κ1) is 17.0. The molecule has 3 N–H and O–H groups in total. The van der Waals surface area contributed by atoms with E-state index in [0.29, 0.717) is 18.8 Å². The highest BCUT2D eigenvalue weighted by molar-refractivity contribution is 5.88. The molecule has 1 heterocycles. The van der Waals surface area contributed by atoms with Gasteiger partial charge < -0.3 is 10.4 Å². The molecule has 1 unspecified atom stereocenters. The van der Waals surface area contributed by atoms with Gasteiger partial charge >= 0.3 is 6.03 Å². The Morgan fingerprint density at radius 1 is 1.35 bits per heavy atom. The number of amides is 2. The number of carbonyl (C=O) groups excluding carboxylic acids is 1. The van der Waals surface area contributed by atoms with Crippen molar-refractivity contribution in [3.05, 3.63) is 42.1 Å². The van der Waals surface area contributed by atoms with Crippen LogP contribution in [-0.4, -0.2) is 34.1 Å². The number of aromatic nitrogens is 2. The lowest BCUT2D eigenvalue weighted by Crippen LogP contribution is -2.33. The molecule has 0 spiro atoms. The maximum atomic E-state index is 12.1. The maximum absolute atomic E-state index is 12.1. The number of aliphatic hydroxyl groups excluding tert-OH is 1. The lowest BCUT2D eigenvalue weighted by atomic mass is 10.0. The van der Waals surface area contributed by atoms with Crippen molar-refractivity contribution in [1.82, 2.24) is 15.1 Å². The summed E-state index contributed by atoms with van der Waals surface area (Å²) >= 11 is 0. The molecule has 6 heteroatoms. The summed E-state index contributed by atoms with van der Waals surface area (Å²) in [6.45, 7) is 4.73. The number of carbonyl (C=O) groups is 1. The van der Waals surface area contributed by atoms with Gasteiger partial charge in [-0.3, -0.25) is 5.32 Å². The largest absolute Gasteiger partial charge is 0.396 e. The molecule has 0 saturated heterocycles. The first-order chi connectivity index (χ1) is 11.2. The van der Waals surface area contributed by atoms with E-state index in [0.717, 1.165) is 17.7 Å². The molecule has 0 saturated carbocycles. The normalized spacial score (nSPS) is 12.0. The molecule has 124 valence electrons. The van der Waals surface area contributed by atoms with Gasteiger partial charge in [0.1, 0.15) is 5.82 Å². The average Bonchev–Trinajstić information content (AvgIpc) is 2.99. The van der Waals surface area contributed by atoms with Crippen molar-refractivity contribution in [1.29, 1.82) is 0 Å². The van der Waals surface area contributed by atoms with E-state index in [1.54, 1.807) is 16.9 Å². The number of aliphatic hydroxyl groups is 1. The van der Waals surface area contributed by atoms with Crippen LogP contribution in [-0.2, 0) is 0 Å². The van der Waals surface area contributed by atoms with Gasteiger partial charge in [-0.15, -0.1) is 0 Å². The van der Waals surface area contributed by atoms with E-state index in [2.05, 4.69) is 15.7 Å². The predicted octanol–water partition coefficient (Wildman–Crippen LogP) is 2.71. The van der Waals surface area contributed by atoms with E-state index in [4.69, 9.17) is 5.11 Å². The number of urea groups is 1. The Bertz CT molecular complexity index is 639. The van der Waals surface area contributed by atoms with Crippen LogP contribution in [0.15, 0.2) is 36.5 Å². The van der Waals surface area contributed by atoms with Crippen LogP contribution in [0.5, 0.6) is 0 Å². The van der Waals surface area contributed by atoms with E-state index in [9.17, 15) is 4.79 Å². The number of anilines is 1. The standard InChI is InChI=1S/C17H24N4O2/c1-3-14(9-11-22)12-18-17(23)20-16-8-10-19-21(16)15-7-5-4-6-13(15)2/h4-8,10,14,22H,3,9,11-12H2,1-2H3,(H2,18,20,23). The monoisotopic (exact) mass is 316 g/mol. The van der Waals surface area contributed by atoms with Crippen LogP contribution < -0.4 is 10.6 Å². The summed E-state index contributed by atoms with van der Waals surface area (Å²) in [6, 6.07) is 9.36. The van der Waals surface area contributed by atoms with Gasteiger partial charge in [-0.1, -0.05) is 31.5 Å². The molecule has 2 aromatic rings. The third kappa shape index (κ3) is 4.56. The molecule has 0 aliphatic rings. The molecule has 0 radical (unpaired) electrons. The van der Waals surface area contributed by atoms with Crippen molar-refractivity contribution in [2.75, 3.05) is 18.5 Å². The first-order valence-corrected chi connectivity index (χ1v) is 7.91. The Morgan fingerprint density at radius 3 is 2.83 bits per heavy atom. The maximum Gasteiger partial charge on any atom is 0.320 e. The van der Waals surface area contributed by atoms with E-state index in [-0.39, 0.29) is 18.6 Å². The number of hydrogen-bond donors (Lipinski definition) is 3. The molecular weight excluding hydrogens is 292 g/mol. The summed E-state index contributed by atoms with van der Waals surface area (Å²) in [5.74, 6) is 0.902. The van der Waals surface area contributed by atoms with Crippen molar-refractivity contribution >= 4 is 11.8 Å². The number of nitrogens with zero attached hydrogens (tertiary/aromatic N) is 2. The zero-order chi connectivity index (χ0) is 16.7. The highest BCUT2D eigenvalue weighted by Gasteiger charge is 2.12. The third-order valence-corrected chi connectivity index (χ3v) is 3.89. The SMILES string of the molecule is CCC(CCO)CNC(=O)Nc1ccnn1-c1ccccc1C. The lowest BCUT2D eigenvalue weighted by Gasteiger charge is -2.15. The molecule has 1 aromatic heterocycles. The van der Waals surface area contributed by atoms with E-state index in [1.165, 1.54) is 0 Å². The summed E-state index contributed by atoms with van der Waals surface area (Å²) in [5.41, 5.74) is 2.01. The van der Waals surface area contributed by atoms with Crippen LogP contribution in [0.4, 0.5) is 10.6 Å². The number of aryl methyl sites for hydroxylation is 1. The number of hydrogen-bond acceptors (Lipinski definition) is 3. The van der Waals surface area contributed by atoms with Gasteiger partial charge in [0.05, 0.1) is 11.9 Å². The molecule has 0 aliphatic heterocycles. The average molecular weight is 316 g/mol. The van der Waals surface area contributed by atoms with Gasteiger partial charge in [-0.2, -0.15) is 5.10 Å². The molecule has 1 atom stereocenters. The van der Waals surface area contributed by atoms with Crippen LogP contribution in [0.2, 0.25) is 0 Å². The molecular formula is C17H24N4O2. The van der Waals surface area contributed by atoms with Crippen LogP contribution in [0.1, 0.15) is 25.3 Å². The third-order valence-electron chi connectivity index (χ3n) is 3.89. The van der Waals surface area contributed by atoms with Crippen LogP contribution in [0, 0.1) is 12.8 Å². The summed E-state index contributed by atoms with van der Waals surface area (Å²) in [7, 11) is 0. The molecule has 2 rings (SSSR count). The second-order valence-electron chi connectivity index (χ2n) is 5.54. The number of nitrogens with one attached hydrogen (secondary N) is 2. The Balaban J connectivity index is 2.00. The molecule has 1 aromatic carbocycles. The Hall–Kier alpha value is -2.34. The van der Waals surface area contributed by atoms with E-state index in [1.807, 2.05) is 38.1 Å². The molecule has 2 amide bonds. The van der Waals surface area contributed by atoms with Gasteiger partial charge in [-0.05, 0) is 30.9 Å². The summed E-state index contributed by atoms with van der Waals surface area (Å²) < 4.78 is 1.71. The molecule has 6 nitrogen and oxygen atoms in total. The Labute approximate surface area is 136 Å². The zero-order valence-corrected chi connectivity index (χ0v) is 13.6. The van der Waals surface area contributed by atoms with Gasteiger partial charge in [0, 0.05) is 19.2 Å². The van der Waals surface area contributed by atoms with Gasteiger partial charge in [-0.25, -0.2) is 9.48 Å². The molecule has 0 fully saturated rings. The van der Waals surface area contributed by atoms with Crippen molar-refractivity contribution in [3.63, 3.8) is 0 Å². The smallest absolute Gasteiger partial charge is 0.320 e. The van der Waals surface area contributed by atoms with Crippen LogP contribution in [0.3, 0.4) is 0 Å². The summed E-state index contributed by atoms with van der Waals surface area (Å²) in [6.07, 6.45) is 3.27. The molecule has 23 heavy (non-hydrogen) atoms. The van der Waals surface area contributed by atoms with Gasteiger partial charge in [0.2, 0.25) is 0 Å². The summed E-state index contributed by atoms with van der Waals surface area (Å²) in [5, 5.41) is 18.9. The quantitative estimate of drug-likeness (QED) is 0.735. The van der Waals surface area contributed by atoms with Crippen molar-refractivity contribution in [2.45, 2.75) is 26.7 Å². The Morgan fingerprint density at radius 2 is 2.13 bits per heavy atom. The topological polar surface area (TPSA) is 79.2 Å². The molecule has 0 bridgehead atoms. The fraction of sp³-hybridized carbons (Fsp3) is 0.412. The minimum atomic E-state index is -0.267. The summed E-state index contributed by atoms with van der Waals surface area (Å²) in [4.78, 5) is 12.1. The Kier molecular flexibility index (Phi) is 6.17. The number of benzene rings is 1. The number of para-hydroxylation sites is 1. The molecule has 0 aliphatic carbocycles. The van der Waals surface area contributed by atoms with E-state index < -0.39 is 0 Å². The van der Waals surface area contributed by atoms with E-state index >= 15 is 0 Å². The fourth-order valence-corrected chi connectivity index (χ4v) is 2.42. The van der Waals surface area contributed by atoms with Gasteiger partial charge in [0.15, 0.2) is 0 Å². The second-order valence-corrected chi connectivity index (χ2v) is 5.54. The zero-order valence-electron chi connectivity index (χ0n) is 13.6. The van der Waals surface area contributed by atoms with Crippen molar-refractivity contribution in [2.24, 2.45) is 5.92 Å². The van der Waals surface area contributed by atoms with Crippen molar-refractivity contribution < 1.29 is 9.90 Å². The number of rotatable bonds is 7.